The second-order valence-electron chi connectivity index (χ2n) is 5.19. The monoisotopic (exact) mass is 351 g/mol. The molecule has 112 valence electrons. The van der Waals surface area contributed by atoms with Gasteiger partial charge in [-0.3, -0.25) is 0 Å². The highest BCUT2D eigenvalue weighted by Gasteiger charge is 2.10. The van der Waals surface area contributed by atoms with E-state index in [4.69, 9.17) is 0 Å². The summed E-state index contributed by atoms with van der Waals surface area (Å²) in [4.78, 5) is 2.16. The highest BCUT2D eigenvalue weighted by molar-refractivity contribution is 9.10. The van der Waals surface area contributed by atoms with Crippen LogP contribution in [0.3, 0.4) is 0 Å². The van der Waals surface area contributed by atoms with Crippen LogP contribution in [0.15, 0.2) is 53.0 Å². The molecule has 4 heteroatoms. The molecule has 2 nitrogen and oxygen atoms in total. The predicted molar refractivity (Wildman–Crippen MR) is 86.5 cm³/mol. The summed E-state index contributed by atoms with van der Waals surface area (Å²) in [5, 5.41) is 10.1. The van der Waals surface area contributed by atoms with E-state index < -0.39 is 6.10 Å². The van der Waals surface area contributed by atoms with Crippen LogP contribution in [-0.2, 0) is 6.54 Å². The molecule has 2 aromatic carbocycles. The van der Waals surface area contributed by atoms with Crippen LogP contribution < -0.4 is 0 Å². The van der Waals surface area contributed by atoms with Gasteiger partial charge in [-0.05, 0) is 42.8 Å². The lowest BCUT2D eigenvalue weighted by Crippen LogP contribution is -2.21. The van der Waals surface area contributed by atoms with Gasteiger partial charge in [-0.15, -0.1) is 0 Å². The topological polar surface area (TPSA) is 23.5 Å². The Morgan fingerprint density at radius 2 is 1.81 bits per heavy atom. The van der Waals surface area contributed by atoms with Gasteiger partial charge in [0.1, 0.15) is 5.82 Å². The second kappa shape index (κ2) is 7.69. The molecule has 0 aliphatic rings. The lowest BCUT2D eigenvalue weighted by atomic mass is 10.1. The second-order valence-corrected chi connectivity index (χ2v) is 6.04. The highest BCUT2D eigenvalue weighted by atomic mass is 79.9. The number of hydrogen-bond donors (Lipinski definition) is 1. The van der Waals surface area contributed by atoms with Gasteiger partial charge in [0.2, 0.25) is 0 Å². The van der Waals surface area contributed by atoms with Crippen LogP contribution >= 0.6 is 15.9 Å². The molecule has 0 aliphatic heterocycles. The average Bonchev–Trinajstić information content (AvgIpc) is 2.48. The third-order valence-corrected chi connectivity index (χ3v) is 4.21. The average molecular weight is 352 g/mol. The molecule has 1 unspecified atom stereocenters. The van der Waals surface area contributed by atoms with E-state index in [2.05, 4.69) is 26.9 Å². The summed E-state index contributed by atoms with van der Waals surface area (Å²) in [6.45, 7) is 1.58. The molecule has 2 rings (SSSR count). The third-order valence-electron chi connectivity index (χ3n) is 3.44. The van der Waals surface area contributed by atoms with Gasteiger partial charge in [-0.2, -0.15) is 0 Å². The van der Waals surface area contributed by atoms with Gasteiger partial charge in [0.15, 0.2) is 0 Å². The van der Waals surface area contributed by atoms with Crippen LogP contribution in [0.5, 0.6) is 0 Å². The van der Waals surface area contributed by atoms with E-state index in [1.54, 1.807) is 12.1 Å². The van der Waals surface area contributed by atoms with Gasteiger partial charge in [-0.25, -0.2) is 4.39 Å². The molecular weight excluding hydrogens is 333 g/mol. The normalized spacial score (nSPS) is 12.6. The molecule has 0 fully saturated rings. The fraction of sp³-hybridized carbons (Fsp3) is 0.294. The maximum Gasteiger partial charge on any atom is 0.123 e. The quantitative estimate of drug-likeness (QED) is 0.845. The van der Waals surface area contributed by atoms with Gasteiger partial charge >= 0.3 is 0 Å². The number of benzene rings is 2. The summed E-state index contributed by atoms with van der Waals surface area (Å²) in [5.74, 6) is -0.281. The van der Waals surface area contributed by atoms with E-state index in [1.807, 2.05) is 25.2 Å². The molecule has 2 aromatic rings. The minimum Gasteiger partial charge on any atom is -0.388 e. The lowest BCUT2D eigenvalue weighted by molar-refractivity contribution is 0.147. The number of rotatable bonds is 6. The Labute approximate surface area is 133 Å². The minimum atomic E-state index is -0.563. The van der Waals surface area contributed by atoms with Gasteiger partial charge in [0.25, 0.3) is 0 Å². The minimum absolute atomic E-state index is 0.281. The van der Waals surface area contributed by atoms with Gasteiger partial charge in [0.05, 0.1) is 6.10 Å². The lowest BCUT2D eigenvalue weighted by Gasteiger charge is -2.19. The molecule has 0 spiro atoms. The first-order chi connectivity index (χ1) is 10.1. The number of hydrogen-bond acceptors (Lipinski definition) is 2. The zero-order chi connectivity index (χ0) is 15.2. The van der Waals surface area contributed by atoms with Crippen molar-refractivity contribution >= 4 is 15.9 Å². The molecule has 0 saturated heterocycles. The molecule has 21 heavy (non-hydrogen) atoms. The van der Waals surface area contributed by atoms with Crippen molar-refractivity contribution in [3.05, 3.63) is 69.9 Å². The van der Waals surface area contributed by atoms with Crippen LogP contribution in [0.4, 0.5) is 4.39 Å². The molecule has 0 heterocycles. The van der Waals surface area contributed by atoms with Crippen LogP contribution in [0.2, 0.25) is 0 Å². The number of halogens is 2. The van der Waals surface area contributed by atoms with Crippen molar-refractivity contribution in [1.82, 2.24) is 4.90 Å². The van der Waals surface area contributed by atoms with Gasteiger partial charge in [-0.1, -0.05) is 46.3 Å². The molecule has 0 amide bonds. The van der Waals surface area contributed by atoms with Crippen molar-refractivity contribution < 1.29 is 9.50 Å². The summed E-state index contributed by atoms with van der Waals surface area (Å²) in [6, 6.07) is 14.1. The van der Waals surface area contributed by atoms with Crippen molar-refractivity contribution in [3.63, 3.8) is 0 Å². The smallest absolute Gasteiger partial charge is 0.123 e. The Balaban J connectivity index is 1.85. The van der Waals surface area contributed by atoms with Crippen molar-refractivity contribution in [3.8, 4) is 0 Å². The van der Waals surface area contributed by atoms with Crippen LogP contribution in [0.25, 0.3) is 0 Å². The van der Waals surface area contributed by atoms with Crippen LogP contribution in [-0.4, -0.2) is 23.6 Å². The zero-order valence-corrected chi connectivity index (χ0v) is 13.6. The first-order valence-corrected chi connectivity index (χ1v) is 7.71. The number of aliphatic hydroxyl groups is 1. The molecule has 1 atom stereocenters. The van der Waals surface area contributed by atoms with E-state index in [9.17, 15) is 9.50 Å². The van der Waals surface area contributed by atoms with E-state index in [0.29, 0.717) is 6.42 Å². The van der Waals surface area contributed by atoms with Crippen molar-refractivity contribution in [2.75, 3.05) is 13.6 Å². The van der Waals surface area contributed by atoms with Crippen molar-refractivity contribution in [1.29, 1.82) is 0 Å². The SMILES string of the molecule is CN(CCC(O)c1ccc(F)cc1)Cc1ccccc1Br. The molecule has 0 radical (unpaired) electrons. The molecule has 1 N–H and O–H groups in total. The fourth-order valence-electron chi connectivity index (χ4n) is 2.19. The Hall–Kier alpha value is -1.23. The van der Waals surface area contributed by atoms with E-state index in [-0.39, 0.29) is 5.82 Å². The largest absolute Gasteiger partial charge is 0.388 e. The summed E-state index contributed by atoms with van der Waals surface area (Å²) >= 11 is 3.54. The molecule has 0 saturated carbocycles. The standard InChI is InChI=1S/C17H19BrFNO/c1-20(12-14-4-2-3-5-16(14)18)11-10-17(21)13-6-8-15(19)9-7-13/h2-9,17,21H,10-12H2,1H3. The summed E-state index contributed by atoms with van der Waals surface area (Å²) in [7, 11) is 2.02. The Morgan fingerprint density at radius 3 is 2.48 bits per heavy atom. The maximum atomic E-state index is 12.8. The summed E-state index contributed by atoms with van der Waals surface area (Å²) in [6.07, 6.45) is 0.0549. The molecule has 0 aromatic heterocycles. The zero-order valence-electron chi connectivity index (χ0n) is 12.0. The molecule has 0 aliphatic carbocycles. The first kappa shape index (κ1) is 16.1. The van der Waals surface area contributed by atoms with E-state index >= 15 is 0 Å². The highest BCUT2D eigenvalue weighted by Crippen LogP contribution is 2.20. The Morgan fingerprint density at radius 1 is 1.14 bits per heavy atom. The van der Waals surface area contributed by atoms with Gasteiger partial charge < -0.3 is 10.0 Å². The summed E-state index contributed by atoms with van der Waals surface area (Å²) in [5.41, 5.74) is 1.97. The molecular formula is C17H19BrFNO. The fourth-order valence-corrected chi connectivity index (χ4v) is 2.60. The Bertz CT molecular complexity index is 573. The van der Waals surface area contributed by atoms with Crippen LogP contribution in [0, 0.1) is 5.82 Å². The maximum absolute atomic E-state index is 12.8. The van der Waals surface area contributed by atoms with E-state index in [0.717, 1.165) is 23.1 Å². The number of nitrogens with zero attached hydrogens (tertiary/aromatic N) is 1. The number of aliphatic hydroxyl groups excluding tert-OH is 1. The first-order valence-electron chi connectivity index (χ1n) is 6.92. The summed E-state index contributed by atoms with van der Waals surface area (Å²) < 4.78 is 13.9. The van der Waals surface area contributed by atoms with Crippen molar-refractivity contribution in [2.24, 2.45) is 0 Å². The van der Waals surface area contributed by atoms with Gasteiger partial charge in [0, 0.05) is 17.6 Å². The predicted octanol–water partition coefficient (Wildman–Crippen LogP) is 4.14. The van der Waals surface area contributed by atoms with Crippen molar-refractivity contribution in [2.45, 2.75) is 19.1 Å². The van der Waals surface area contributed by atoms with Crippen LogP contribution in [0.1, 0.15) is 23.7 Å². The third kappa shape index (κ3) is 4.92. The molecule has 0 bridgehead atoms. The van der Waals surface area contributed by atoms with E-state index in [1.165, 1.54) is 17.7 Å². The Kier molecular flexibility index (Phi) is 5.91.